The molecule has 0 radical (unpaired) electrons. The second-order valence-corrected chi connectivity index (χ2v) is 8.31. The monoisotopic (exact) mass is 475 g/mol. The Morgan fingerprint density at radius 1 is 1.14 bits per heavy atom. The van der Waals surface area contributed by atoms with Crippen molar-refractivity contribution in [3.63, 3.8) is 0 Å². The van der Waals surface area contributed by atoms with Crippen LogP contribution in [0.2, 0.25) is 0 Å². The summed E-state index contributed by atoms with van der Waals surface area (Å²) in [5.41, 5.74) is 2.34. The summed E-state index contributed by atoms with van der Waals surface area (Å²) in [5.74, 6) is 1.17. The van der Waals surface area contributed by atoms with E-state index in [2.05, 4.69) is 20.4 Å². The third kappa shape index (κ3) is 4.05. The number of rotatable bonds is 7. The molecule has 11 nitrogen and oxygen atoms in total. The first kappa shape index (κ1) is 22.4. The molecule has 0 fully saturated rings. The lowest BCUT2D eigenvalue weighted by Gasteiger charge is -2.14. The van der Waals surface area contributed by atoms with E-state index in [1.165, 1.54) is 11.6 Å². The van der Waals surface area contributed by atoms with Gasteiger partial charge in [0.25, 0.3) is 5.56 Å². The summed E-state index contributed by atoms with van der Waals surface area (Å²) in [7, 11) is 4.67. The van der Waals surface area contributed by atoms with Gasteiger partial charge in [0.2, 0.25) is 5.95 Å². The van der Waals surface area contributed by atoms with Crippen LogP contribution in [0.5, 0.6) is 5.75 Å². The summed E-state index contributed by atoms with van der Waals surface area (Å²) in [6.07, 6.45) is 3.64. The van der Waals surface area contributed by atoms with Crippen LogP contribution in [0.1, 0.15) is 17.5 Å². The summed E-state index contributed by atoms with van der Waals surface area (Å²) in [4.78, 5) is 40.1. The Bertz CT molecular complexity index is 1540. The number of imidazole rings is 1. The molecule has 35 heavy (non-hydrogen) atoms. The Balaban J connectivity index is 1.50. The molecule has 11 heteroatoms. The lowest BCUT2D eigenvalue weighted by atomic mass is 10.0. The van der Waals surface area contributed by atoms with E-state index in [1.807, 2.05) is 36.4 Å². The van der Waals surface area contributed by atoms with E-state index < -0.39 is 11.2 Å². The minimum absolute atomic E-state index is 0.302. The van der Waals surface area contributed by atoms with Gasteiger partial charge in [-0.05, 0) is 23.8 Å². The minimum atomic E-state index is -0.440. The highest BCUT2D eigenvalue weighted by Crippen LogP contribution is 2.26. The number of aryl methyl sites for hydroxylation is 1. The number of nitrogens with one attached hydrogen (secondary N) is 1. The molecule has 0 bridgehead atoms. The molecule has 4 aromatic rings. The Kier molecular flexibility index (Phi) is 5.81. The van der Waals surface area contributed by atoms with Gasteiger partial charge in [-0.25, -0.2) is 4.79 Å². The Labute approximate surface area is 200 Å². The highest BCUT2D eigenvalue weighted by Gasteiger charge is 2.28. The summed E-state index contributed by atoms with van der Waals surface area (Å²) in [6.45, 7) is 0.751. The number of pyridine rings is 1. The molecule has 4 heterocycles. The van der Waals surface area contributed by atoms with Crippen molar-refractivity contribution >= 4 is 22.8 Å². The zero-order valence-electron chi connectivity index (χ0n) is 19.6. The second-order valence-electron chi connectivity index (χ2n) is 8.31. The maximum absolute atomic E-state index is 13.1. The molecule has 5 rings (SSSR count). The number of aromatic nitrogens is 5. The summed E-state index contributed by atoms with van der Waals surface area (Å²) in [5, 5.41) is 7.57. The Hall–Kier alpha value is -4.41. The van der Waals surface area contributed by atoms with E-state index in [0.29, 0.717) is 42.4 Å². The van der Waals surface area contributed by atoms with Crippen molar-refractivity contribution in [1.29, 1.82) is 0 Å². The van der Waals surface area contributed by atoms with Crippen LogP contribution in [0.25, 0.3) is 11.2 Å². The van der Waals surface area contributed by atoms with Gasteiger partial charge < -0.3 is 19.5 Å². The van der Waals surface area contributed by atoms with E-state index in [9.17, 15) is 9.59 Å². The van der Waals surface area contributed by atoms with Crippen LogP contribution < -0.4 is 21.3 Å². The van der Waals surface area contributed by atoms with Gasteiger partial charge in [-0.2, -0.15) is 4.98 Å². The molecule has 0 saturated heterocycles. The highest BCUT2D eigenvalue weighted by atomic mass is 16.6. The van der Waals surface area contributed by atoms with Crippen molar-refractivity contribution in [2.75, 3.05) is 12.4 Å². The third-order valence-electron chi connectivity index (χ3n) is 6.06. The van der Waals surface area contributed by atoms with Crippen LogP contribution in [-0.4, -0.2) is 42.6 Å². The molecule has 0 aliphatic carbocycles. The smallest absolute Gasteiger partial charge is 0.332 e. The number of oxime groups is 1. The molecule has 0 unspecified atom stereocenters. The van der Waals surface area contributed by atoms with Crippen LogP contribution in [0.15, 0.2) is 63.5 Å². The number of hydrogen-bond donors (Lipinski definition) is 1. The van der Waals surface area contributed by atoms with Crippen LogP contribution in [0.4, 0.5) is 5.95 Å². The van der Waals surface area contributed by atoms with Crippen LogP contribution in [-0.2, 0) is 32.0 Å². The normalized spacial score (nSPS) is 15.2. The maximum atomic E-state index is 13.1. The topological polar surface area (TPSA) is 118 Å². The predicted octanol–water partition coefficient (Wildman–Crippen LogP) is 1.64. The number of fused-ring (bicyclic) bond motifs is 1. The van der Waals surface area contributed by atoms with Crippen LogP contribution >= 0.6 is 0 Å². The third-order valence-corrected chi connectivity index (χ3v) is 6.06. The van der Waals surface area contributed by atoms with E-state index in [0.717, 1.165) is 21.4 Å². The fourth-order valence-corrected chi connectivity index (χ4v) is 4.22. The first-order chi connectivity index (χ1) is 17.0. The molecule has 1 aliphatic heterocycles. The summed E-state index contributed by atoms with van der Waals surface area (Å²) < 4.78 is 9.67. The first-order valence-electron chi connectivity index (χ1n) is 11.1. The Morgan fingerprint density at radius 3 is 2.74 bits per heavy atom. The van der Waals surface area contributed by atoms with Gasteiger partial charge in [0, 0.05) is 45.0 Å². The molecule has 0 saturated carbocycles. The van der Waals surface area contributed by atoms with Crippen LogP contribution in [0, 0.1) is 0 Å². The average molecular weight is 476 g/mol. The van der Waals surface area contributed by atoms with Gasteiger partial charge >= 0.3 is 5.69 Å². The summed E-state index contributed by atoms with van der Waals surface area (Å²) >= 11 is 0. The fraction of sp³-hybridized carbons (Fsp3) is 0.292. The molecule has 3 aromatic heterocycles. The zero-order chi connectivity index (χ0) is 24.5. The molecule has 180 valence electrons. The van der Waals surface area contributed by atoms with Gasteiger partial charge in [-0.1, -0.05) is 23.4 Å². The second kappa shape index (κ2) is 9.09. The van der Waals surface area contributed by atoms with Gasteiger partial charge in [-0.3, -0.25) is 18.9 Å². The van der Waals surface area contributed by atoms with E-state index in [-0.39, 0.29) is 6.10 Å². The fourth-order valence-electron chi connectivity index (χ4n) is 4.22. The van der Waals surface area contributed by atoms with E-state index in [4.69, 9.17) is 9.57 Å². The SMILES string of the molecule is COc1ccccc1C1=NO[C@@H](Cn2c(NCc3cccnc3)nc3c2c(=O)n(C)c(=O)n3C)C1. The molecule has 0 amide bonds. The number of nitrogens with zero attached hydrogens (tertiary/aromatic N) is 6. The number of benzene rings is 1. The summed E-state index contributed by atoms with van der Waals surface area (Å²) in [6, 6.07) is 11.4. The molecular formula is C24H25N7O4. The molecule has 1 atom stereocenters. The van der Waals surface area contributed by atoms with Gasteiger partial charge in [0.15, 0.2) is 17.3 Å². The lowest BCUT2D eigenvalue weighted by molar-refractivity contribution is 0.0736. The van der Waals surface area contributed by atoms with Crippen molar-refractivity contribution in [2.45, 2.75) is 25.6 Å². The Morgan fingerprint density at radius 2 is 1.97 bits per heavy atom. The maximum Gasteiger partial charge on any atom is 0.332 e. The first-order valence-corrected chi connectivity index (χ1v) is 11.1. The van der Waals surface area contributed by atoms with Crippen molar-refractivity contribution in [1.82, 2.24) is 23.7 Å². The van der Waals surface area contributed by atoms with Crippen LogP contribution in [0.3, 0.4) is 0 Å². The van der Waals surface area contributed by atoms with Gasteiger partial charge in [-0.15, -0.1) is 0 Å². The van der Waals surface area contributed by atoms with Crippen molar-refractivity contribution in [2.24, 2.45) is 19.3 Å². The van der Waals surface area contributed by atoms with Gasteiger partial charge in [0.1, 0.15) is 5.75 Å². The number of hydrogen-bond acceptors (Lipinski definition) is 8. The highest BCUT2D eigenvalue weighted by molar-refractivity contribution is 6.03. The number of methoxy groups -OCH3 is 1. The molecule has 1 aromatic carbocycles. The van der Waals surface area contributed by atoms with E-state index >= 15 is 0 Å². The quantitative estimate of drug-likeness (QED) is 0.432. The minimum Gasteiger partial charge on any atom is -0.496 e. The molecule has 1 N–H and O–H groups in total. The molecular weight excluding hydrogens is 450 g/mol. The largest absolute Gasteiger partial charge is 0.496 e. The van der Waals surface area contributed by atoms with Crippen molar-refractivity contribution in [3.05, 3.63) is 80.8 Å². The average Bonchev–Trinajstić information content (AvgIpc) is 3.50. The zero-order valence-corrected chi connectivity index (χ0v) is 19.6. The van der Waals surface area contributed by atoms with Gasteiger partial charge in [0.05, 0.1) is 19.4 Å². The van der Waals surface area contributed by atoms with Crippen molar-refractivity contribution in [3.8, 4) is 5.75 Å². The number of ether oxygens (including phenoxy) is 1. The van der Waals surface area contributed by atoms with Crippen molar-refractivity contribution < 1.29 is 9.57 Å². The lowest BCUT2D eigenvalue weighted by Crippen LogP contribution is -2.37. The van der Waals surface area contributed by atoms with E-state index in [1.54, 1.807) is 31.1 Å². The number of anilines is 1. The molecule has 1 aliphatic rings. The predicted molar refractivity (Wildman–Crippen MR) is 131 cm³/mol. The number of para-hydroxylation sites is 1. The standard InChI is InChI=1S/C24H25N7O4/c1-29-21-20(22(32)30(2)24(29)33)31(23(27-21)26-13-15-7-6-10-25-12-15)14-16-11-18(28-35-16)17-8-4-5-9-19(17)34-3/h4-10,12,16H,11,13-14H2,1-3H3,(H,26,27)/t16-/m1/s1. The molecule has 0 spiro atoms.